The molecular formula is C29H30N2O3S2. The van der Waals surface area contributed by atoms with Crippen LogP contribution in [-0.2, 0) is 16.2 Å². The zero-order chi connectivity index (χ0) is 24.9. The number of nitrogens with one attached hydrogen (secondary N) is 1. The average molecular weight is 519 g/mol. The van der Waals surface area contributed by atoms with E-state index >= 15 is 0 Å². The highest BCUT2D eigenvalue weighted by molar-refractivity contribution is 8.26. The molecule has 1 N–H and O–H groups in total. The summed E-state index contributed by atoms with van der Waals surface area (Å²) in [7, 11) is 0. The maximum Gasteiger partial charge on any atom is 0.285 e. The normalized spacial score (nSPS) is 29.8. The van der Waals surface area contributed by atoms with Crippen molar-refractivity contribution in [3.05, 3.63) is 70.1 Å². The smallest absolute Gasteiger partial charge is 0.285 e. The second-order valence-electron chi connectivity index (χ2n) is 11.0. The molecule has 5 nitrogen and oxygen atoms in total. The van der Waals surface area contributed by atoms with E-state index in [1.807, 2.05) is 42.5 Å². The lowest BCUT2D eigenvalue weighted by molar-refractivity contribution is -0.152. The average Bonchev–Trinajstić information content (AvgIpc) is 3.10. The molecule has 2 aromatic rings. The summed E-state index contributed by atoms with van der Waals surface area (Å²) >= 11 is 6.71. The van der Waals surface area contributed by atoms with Gasteiger partial charge < -0.3 is 4.74 Å². The van der Waals surface area contributed by atoms with E-state index in [0.717, 1.165) is 36.1 Å². The van der Waals surface area contributed by atoms with Gasteiger partial charge in [0.05, 0.1) is 10.3 Å². The summed E-state index contributed by atoms with van der Waals surface area (Å²) < 4.78 is 6.28. The number of benzene rings is 2. The Morgan fingerprint density at radius 2 is 1.78 bits per heavy atom. The SMILES string of the molecule is Cc1cccc(COc2ccc(/C=C3/SC(=S)N(NC(=O)C45CC6CC(CC(C6)C4)C5)C3=O)cc2)c1. The Morgan fingerprint density at radius 1 is 1.11 bits per heavy atom. The number of hydrogen-bond donors (Lipinski definition) is 1. The highest BCUT2D eigenvalue weighted by Crippen LogP contribution is 2.60. The number of hydrazine groups is 1. The minimum atomic E-state index is -0.323. The van der Waals surface area contributed by atoms with Crippen LogP contribution in [-0.4, -0.2) is 21.1 Å². The zero-order valence-electron chi connectivity index (χ0n) is 20.4. The Hall–Kier alpha value is -2.64. The lowest BCUT2D eigenvalue weighted by atomic mass is 9.49. The van der Waals surface area contributed by atoms with Gasteiger partial charge >= 0.3 is 0 Å². The molecular weight excluding hydrogens is 488 g/mol. The minimum Gasteiger partial charge on any atom is -0.489 e. The molecule has 0 aromatic heterocycles. The lowest BCUT2D eigenvalue weighted by Gasteiger charge is -2.55. The van der Waals surface area contributed by atoms with Crippen LogP contribution in [0.15, 0.2) is 53.4 Å². The molecule has 2 aromatic carbocycles. The van der Waals surface area contributed by atoms with Gasteiger partial charge in [-0.05, 0) is 105 Å². The Labute approximate surface area is 221 Å². The van der Waals surface area contributed by atoms with E-state index in [1.54, 1.807) is 0 Å². The molecule has 7 rings (SSSR count). The van der Waals surface area contributed by atoms with Gasteiger partial charge in [0.1, 0.15) is 12.4 Å². The molecule has 5 aliphatic rings. The first-order chi connectivity index (χ1) is 17.4. The number of ether oxygens (including phenoxy) is 1. The number of thioether (sulfide) groups is 1. The zero-order valence-corrected chi connectivity index (χ0v) is 22.0. The van der Waals surface area contributed by atoms with Crippen molar-refractivity contribution >= 4 is 46.2 Å². The second-order valence-corrected chi connectivity index (χ2v) is 12.7. The standard InChI is InChI=1S/C29H30N2O3S2/c1-18-3-2-4-20(9-18)17-34-24-7-5-19(6-8-24)13-25-26(32)31(28(35)36-25)30-27(33)29-14-21-10-22(15-29)12-23(11-21)16-29/h2-9,13,21-23H,10-12,14-17H2,1H3,(H,30,33)/b25-13+. The molecule has 5 fully saturated rings. The van der Waals surface area contributed by atoms with E-state index in [-0.39, 0.29) is 17.2 Å². The maximum atomic E-state index is 13.4. The number of carbonyl (C=O) groups is 2. The highest BCUT2D eigenvalue weighted by atomic mass is 32.2. The molecule has 0 radical (unpaired) electrons. The Morgan fingerprint density at radius 3 is 2.42 bits per heavy atom. The summed E-state index contributed by atoms with van der Waals surface area (Å²) in [6, 6.07) is 15.9. The first-order valence-electron chi connectivity index (χ1n) is 12.7. The fourth-order valence-corrected chi connectivity index (χ4v) is 8.13. The van der Waals surface area contributed by atoms with Crippen molar-refractivity contribution in [3.8, 4) is 5.75 Å². The van der Waals surface area contributed by atoms with Crippen molar-refractivity contribution in [1.82, 2.24) is 10.4 Å². The monoisotopic (exact) mass is 518 g/mol. The first-order valence-corrected chi connectivity index (χ1v) is 14.0. The van der Waals surface area contributed by atoms with Crippen molar-refractivity contribution in [2.24, 2.45) is 23.2 Å². The van der Waals surface area contributed by atoms with Crippen molar-refractivity contribution in [3.63, 3.8) is 0 Å². The van der Waals surface area contributed by atoms with Crippen molar-refractivity contribution < 1.29 is 14.3 Å². The number of hydrogen-bond acceptors (Lipinski definition) is 5. The number of carbonyl (C=O) groups excluding carboxylic acids is 2. The van der Waals surface area contributed by atoms with Gasteiger partial charge in [0, 0.05) is 0 Å². The van der Waals surface area contributed by atoms with Crippen LogP contribution in [0.4, 0.5) is 0 Å². The van der Waals surface area contributed by atoms with Crippen LogP contribution < -0.4 is 10.2 Å². The topological polar surface area (TPSA) is 58.6 Å². The molecule has 2 amide bonds. The Kier molecular flexibility index (Phi) is 6.16. The summed E-state index contributed by atoms with van der Waals surface area (Å²) in [5, 5.41) is 1.28. The summed E-state index contributed by atoms with van der Waals surface area (Å²) in [4.78, 5) is 27.1. The minimum absolute atomic E-state index is 0.0192. The molecule has 0 atom stereocenters. The summed E-state index contributed by atoms with van der Waals surface area (Å²) in [6.07, 6.45) is 8.49. The number of nitrogens with zero attached hydrogens (tertiary/aromatic N) is 1. The van der Waals surface area contributed by atoms with Gasteiger partial charge in [-0.25, -0.2) is 0 Å². The summed E-state index contributed by atoms with van der Waals surface area (Å²) in [6.45, 7) is 2.57. The third-order valence-corrected chi connectivity index (χ3v) is 9.49. The highest BCUT2D eigenvalue weighted by Gasteiger charge is 2.55. The predicted octanol–water partition coefficient (Wildman–Crippen LogP) is 6.02. The van der Waals surface area contributed by atoms with E-state index in [0.29, 0.717) is 33.6 Å². The lowest BCUT2D eigenvalue weighted by Crippen LogP contribution is -2.57. The second kappa shape index (κ2) is 9.34. The Balaban J connectivity index is 1.10. The molecule has 4 saturated carbocycles. The van der Waals surface area contributed by atoms with Crippen LogP contribution in [0.5, 0.6) is 5.75 Å². The van der Waals surface area contributed by atoms with Crippen LogP contribution in [0.1, 0.15) is 55.2 Å². The molecule has 1 saturated heterocycles. The van der Waals surface area contributed by atoms with E-state index in [4.69, 9.17) is 17.0 Å². The van der Waals surface area contributed by atoms with Crippen LogP contribution in [0.2, 0.25) is 0 Å². The van der Waals surface area contributed by atoms with Gasteiger partial charge in [0.25, 0.3) is 5.91 Å². The molecule has 4 bridgehead atoms. The first kappa shape index (κ1) is 23.7. The van der Waals surface area contributed by atoms with Gasteiger partial charge in [-0.15, -0.1) is 0 Å². The largest absolute Gasteiger partial charge is 0.489 e. The summed E-state index contributed by atoms with van der Waals surface area (Å²) in [5.74, 6) is 2.48. The van der Waals surface area contributed by atoms with E-state index in [1.165, 1.54) is 41.6 Å². The van der Waals surface area contributed by atoms with E-state index < -0.39 is 0 Å². The van der Waals surface area contributed by atoms with E-state index in [9.17, 15) is 9.59 Å². The van der Waals surface area contributed by atoms with Crippen LogP contribution in [0.25, 0.3) is 6.08 Å². The van der Waals surface area contributed by atoms with Gasteiger partial charge in [-0.2, -0.15) is 5.01 Å². The van der Waals surface area contributed by atoms with Crippen molar-refractivity contribution in [2.45, 2.75) is 52.1 Å². The third-order valence-electron chi connectivity index (χ3n) is 8.19. The predicted molar refractivity (Wildman–Crippen MR) is 146 cm³/mol. The molecule has 0 spiro atoms. The van der Waals surface area contributed by atoms with Crippen molar-refractivity contribution in [1.29, 1.82) is 0 Å². The number of amides is 2. The molecule has 7 heteroatoms. The third kappa shape index (κ3) is 4.59. The Bertz CT molecular complexity index is 1220. The number of rotatable bonds is 6. The molecule has 0 unspecified atom stereocenters. The number of aryl methyl sites for hydroxylation is 1. The molecule has 1 heterocycles. The maximum absolute atomic E-state index is 13.4. The fourth-order valence-electron chi connectivity index (χ4n) is 6.95. The van der Waals surface area contributed by atoms with Crippen molar-refractivity contribution in [2.75, 3.05) is 0 Å². The van der Waals surface area contributed by atoms with Gasteiger partial charge in [0.15, 0.2) is 4.32 Å². The van der Waals surface area contributed by atoms with Crippen LogP contribution >= 0.6 is 24.0 Å². The summed E-state index contributed by atoms with van der Waals surface area (Å²) in [5.41, 5.74) is 5.81. The van der Waals surface area contributed by atoms with Gasteiger partial charge in [0.2, 0.25) is 5.91 Å². The molecule has 186 valence electrons. The van der Waals surface area contributed by atoms with E-state index in [2.05, 4.69) is 24.5 Å². The van der Waals surface area contributed by atoms with Crippen LogP contribution in [0.3, 0.4) is 0 Å². The fraction of sp³-hybridized carbons (Fsp3) is 0.414. The van der Waals surface area contributed by atoms with Gasteiger partial charge in [-0.1, -0.05) is 53.7 Å². The molecule has 4 aliphatic carbocycles. The quantitative estimate of drug-likeness (QED) is 0.374. The number of thiocarbonyl (C=S) groups is 1. The molecule has 1 aliphatic heterocycles. The van der Waals surface area contributed by atoms with Gasteiger partial charge in [-0.3, -0.25) is 15.0 Å². The van der Waals surface area contributed by atoms with Crippen LogP contribution in [0, 0.1) is 30.1 Å². The molecule has 36 heavy (non-hydrogen) atoms.